The molecular formula is C20H24N2O2. The molecule has 3 N–H and O–H groups in total. The predicted molar refractivity (Wildman–Crippen MR) is 97.2 cm³/mol. The van der Waals surface area contributed by atoms with E-state index in [1.165, 1.54) is 0 Å². The first kappa shape index (κ1) is 17.7. The molecule has 2 aromatic rings. The minimum Gasteiger partial charge on any atom is -0.370 e. The Labute approximate surface area is 143 Å². The lowest BCUT2D eigenvalue weighted by atomic mass is 9.96. The number of aryl methyl sites for hydroxylation is 2. The molecule has 0 saturated heterocycles. The normalized spacial score (nSPS) is 10.7. The summed E-state index contributed by atoms with van der Waals surface area (Å²) in [6.07, 6.45) is 0.938. The number of nitrogens with two attached hydrogens (primary N) is 1. The molecular weight excluding hydrogens is 300 g/mol. The Morgan fingerprint density at radius 2 is 1.83 bits per heavy atom. The molecule has 0 unspecified atom stereocenters. The first-order valence-corrected chi connectivity index (χ1v) is 8.16. The molecule has 2 amide bonds. The highest BCUT2D eigenvalue weighted by molar-refractivity contribution is 6.05. The summed E-state index contributed by atoms with van der Waals surface area (Å²) in [5.74, 6) is -0.163. The molecule has 24 heavy (non-hydrogen) atoms. The third kappa shape index (κ3) is 4.44. The van der Waals surface area contributed by atoms with Gasteiger partial charge in [-0.2, -0.15) is 0 Å². The number of primary amides is 1. The van der Waals surface area contributed by atoms with Crippen molar-refractivity contribution in [1.82, 2.24) is 0 Å². The van der Waals surface area contributed by atoms with Crippen LogP contribution in [0.4, 0.5) is 5.69 Å². The standard InChI is InChI=1S/C20H24N2O2/c1-13(2)17-12-15(9-11-19(21)23)8-10-18(17)22-20(24)16-7-5-4-6-14(16)3/h4-8,10,12-13H,9,11H2,1-3H3,(H2,21,23)(H,22,24). The van der Waals surface area contributed by atoms with E-state index < -0.39 is 0 Å². The summed E-state index contributed by atoms with van der Waals surface area (Å²) in [5, 5.41) is 3.01. The molecule has 0 spiro atoms. The molecule has 4 heteroatoms. The summed E-state index contributed by atoms with van der Waals surface area (Å²) < 4.78 is 0. The molecule has 0 heterocycles. The van der Waals surface area contributed by atoms with Crippen LogP contribution in [0.15, 0.2) is 42.5 Å². The number of carbonyl (C=O) groups excluding carboxylic acids is 2. The maximum Gasteiger partial charge on any atom is 0.255 e. The van der Waals surface area contributed by atoms with Crippen LogP contribution in [0.3, 0.4) is 0 Å². The van der Waals surface area contributed by atoms with Gasteiger partial charge >= 0.3 is 0 Å². The van der Waals surface area contributed by atoms with Crippen LogP contribution in [0, 0.1) is 6.92 Å². The Morgan fingerprint density at radius 3 is 2.46 bits per heavy atom. The van der Waals surface area contributed by atoms with Gasteiger partial charge in [0.15, 0.2) is 0 Å². The van der Waals surface area contributed by atoms with E-state index in [2.05, 4.69) is 19.2 Å². The summed E-state index contributed by atoms with van der Waals surface area (Å²) >= 11 is 0. The van der Waals surface area contributed by atoms with E-state index in [4.69, 9.17) is 5.73 Å². The van der Waals surface area contributed by atoms with Crippen LogP contribution in [0.5, 0.6) is 0 Å². The van der Waals surface area contributed by atoms with Gasteiger partial charge in [0, 0.05) is 17.7 Å². The summed E-state index contributed by atoms with van der Waals surface area (Å²) in [6.45, 7) is 6.08. The minimum atomic E-state index is -0.307. The van der Waals surface area contributed by atoms with Gasteiger partial charge in [0.1, 0.15) is 0 Å². The van der Waals surface area contributed by atoms with Crippen molar-refractivity contribution in [3.63, 3.8) is 0 Å². The van der Waals surface area contributed by atoms with Crippen molar-refractivity contribution in [3.8, 4) is 0 Å². The van der Waals surface area contributed by atoms with Crippen LogP contribution in [0.1, 0.15) is 53.2 Å². The minimum absolute atomic E-state index is 0.111. The largest absolute Gasteiger partial charge is 0.370 e. The fourth-order valence-electron chi connectivity index (χ4n) is 2.64. The molecule has 2 rings (SSSR count). The van der Waals surface area contributed by atoms with Crippen LogP contribution < -0.4 is 11.1 Å². The van der Waals surface area contributed by atoms with Gasteiger partial charge < -0.3 is 11.1 Å². The predicted octanol–water partition coefficient (Wildman–Crippen LogP) is 3.79. The van der Waals surface area contributed by atoms with Crippen molar-refractivity contribution in [1.29, 1.82) is 0 Å². The van der Waals surface area contributed by atoms with Gasteiger partial charge in [-0.15, -0.1) is 0 Å². The smallest absolute Gasteiger partial charge is 0.255 e. The molecule has 4 nitrogen and oxygen atoms in total. The zero-order chi connectivity index (χ0) is 17.7. The van der Waals surface area contributed by atoms with Crippen LogP contribution in [-0.2, 0) is 11.2 Å². The maximum atomic E-state index is 12.5. The molecule has 0 aromatic heterocycles. The number of hydrogen-bond acceptors (Lipinski definition) is 2. The molecule has 0 atom stereocenters. The second-order valence-corrected chi connectivity index (χ2v) is 6.31. The third-order valence-corrected chi connectivity index (χ3v) is 4.04. The van der Waals surface area contributed by atoms with E-state index in [1.54, 1.807) is 0 Å². The highest BCUT2D eigenvalue weighted by atomic mass is 16.2. The zero-order valence-electron chi connectivity index (χ0n) is 14.4. The van der Waals surface area contributed by atoms with Gasteiger partial charge in [0.2, 0.25) is 5.91 Å². The first-order valence-electron chi connectivity index (χ1n) is 8.16. The van der Waals surface area contributed by atoms with Gasteiger partial charge in [0.25, 0.3) is 5.91 Å². The van der Waals surface area contributed by atoms with Gasteiger partial charge in [-0.3, -0.25) is 9.59 Å². The van der Waals surface area contributed by atoms with Crippen LogP contribution in [-0.4, -0.2) is 11.8 Å². The number of anilines is 1. The Balaban J connectivity index is 2.24. The number of carbonyl (C=O) groups is 2. The molecule has 0 fully saturated rings. The second kappa shape index (κ2) is 7.77. The average Bonchev–Trinajstić information content (AvgIpc) is 2.53. The molecule has 2 aromatic carbocycles. The molecule has 0 saturated carbocycles. The zero-order valence-corrected chi connectivity index (χ0v) is 14.4. The van der Waals surface area contributed by atoms with E-state index in [9.17, 15) is 9.59 Å². The van der Waals surface area contributed by atoms with E-state index in [1.807, 2.05) is 49.4 Å². The summed E-state index contributed by atoms with van der Waals surface area (Å²) in [6, 6.07) is 13.4. The topological polar surface area (TPSA) is 72.2 Å². The van der Waals surface area contributed by atoms with Crippen molar-refractivity contribution in [3.05, 3.63) is 64.7 Å². The summed E-state index contributed by atoms with van der Waals surface area (Å²) in [4.78, 5) is 23.5. The Morgan fingerprint density at radius 1 is 1.12 bits per heavy atom. The van der Waals surface area contributed by atoms with E-state index in [0.29, 0.717) is 18.4 Å². The van der Waals surface area contributed by atoms with Gasteiger partial charge in [-0.05, 0) is 48.1 Å². The Hall–Kier alpha value is -2.62. The van der Waals surface area contributed by atoms with Gasteiger partial charge in [-0.25, -0.2) is 0 Å². The molecule has 0 aliphatic heterocycles. The van der Waals surface area contributed by atoms with Crippen molar-refractivity contribution >= 4 is 17.5 Å². The third-order valence-electron chi connectivity index (χ3n) is 4.04. The van der Waals surface area contributed by atoms with Gasteiger partial charge in [-0.1, -0.05) is 44.2 Å². The summed E-state index contributed by atoms with van der Waals surface area (Å²) in [5.41, 5.74) is 9.74. The fraction of sp³-hybridized carbons (Fsp3) is 0.300. The molecule has 126 valence electrons. The number of nitrogens with one attached hydrogen (secondary N) is 1. The molecule has 0 bridgehead atoms. The second-order valence-electron chi connectivity index (χ2n) is 6.31. The highest BCUT2D eigenvalue weighted by Crippen LogP contribution is 2.27. The van der Waals surface area contributed by atoms with Crippen molar-refractivity contribution in [2.24, 2.45) is 5.73 Å². The van der Waals surface area contributed by atoms with E-state index >= 15 is 0 Å². The lowest BCUT2D eigenvalue weighted by Crippen LogP contribution is -2.15. The SMILES string of the molecule is Cc1ccccc1C(=O)Nc1ccc(CCC(N)=O)cc1C(C)C. The fourth-order valence-corrected chi connectivity index (χ4v) is 2.64. The Bertz CT molecular complexity index is 751. The first-order chi connectivity index (χ1) is 11.4. The molecule has 0 aliphatic rings. The number of hydrogen-bond donors (Lipinski definition) is 2. The van der Waals surface area contributed by atoms with Crippen molar-refractivity contribution < 1.29 is 9.59 Å². The maximum absolute atomic E-state index is 12.5. The van der Waals surface area contributed by atoms with Crippen LogP contribution in [0.2, 0.25) is 0 Å². The lowest BCUT2D eigenvalue weighted by molar-refractivity contribution is -0.117. The van der Waals surface area contributed by atoms with E-state index in [0.717, 1.165) is 22.4 Å². The number of benzene rings is 2. The average molecular weight is 324 g/mol. The highest BCUT2D eigenvalue weighted by Gasteiger charge is 2.13. The van der Waals surface area contributed by atoms with Gasteiger partial charge in [0.05, 0.1) is 0 Å². The lowest BCUT2D eigenvalue weighted by Gasteiger charge is -2.16. The van der Waals surface area contributed by atoms with E-state index in [-0.39, 0.29) is 17.7 Å². The Kier molecular flexibility index (Phi) is 5.74. The van der Waals surface area contributed by atoms with Crippen LogP contribution in [0.25, 0.3) is 0 Å². The summed E-state index contributed by atoms with van der Waals surface area (Å²) in [7, 11) is 0. The monoisotopic (exact) mass is 324 g/mol. The van der Waals surface area contributed by atoms with Crippen molar-refractivity contribution in [2.75, 3.05) is 5.32 Å². The molecule has 0 radical (unpaired) electrons. The van der Waals surface area contributed by atoms with Crippen molar-refractivity contribution in [2.45, 2.75) is 39.5 Å². The number of rotatable bonds is 6. The quantitative estimate of drug-likeness (QED) is 0.848. The van der Waals surface area contributed by atoms with Crippen LogP contribution >= 0.6 is 0 Å². The molecule has 0 aliphatic carbocycles. The number of amides is 2.